The van der Waals surface area contributed by atoms with E-state index >= 15 is 0 Å². The van der Waals surface area contributed by atoms with Gasteiger partial charge in [-0.25, -0.2) is 4.98 Å². The Bertz CT molecular complexity index is 698. The van der Waals surface area contributed by atoms with Gasteiger partial charge < -0.3 is 9.72 Å². The van der Waals surface area contributed by atoms with Crippen molar-refractivity contribution in [2.75, 3.05) is 6.54 Å². The molecular formula is C15H17N5O. The van der Waals surface area contributed by atoms with Gasteiger partial charge in [-0.15, -0.1) is 0 Å². The van der Waals surface area contributed by atoms with Crippen LogP contribution < -0.4 is 5.32 Å². The standard InChI is InChI=1S/C15H17N5O/c1-12(20-10-4-7-17-20)15(21)16-8-6-13-11-19-9-3-2-5-14(19)18-13/h2-5,7,9-12H,6,8H2,1H3,(H,16,21). The zero-order chi connectivity index (χ0) is 14.7. The molecule has 1 N–H and O–H groups in total. The number of fused-ring (bicyclic) bond motifs is 1. The minimum Gasteiger partial charge on any atom is -0.354 e. The van der Waals surface area contributed by atoms with Gasteiger partial charge in [0, 0.05) is 37.8 Å². The summed E-state index contributed by atoms with van der Waals surface area (Å²) in [5, 5.41) is 6.99. The summed E-state index contributed by atoms with van der Waals surface area (Å²) >= 11 is 0. The average molecular weight is 283 g/mol. The van der Waals surface area contributed by atoms with Gasteiger partial charge in [0.25, 0.3) is 0 Å². The molecule has 1 atom stereocenters. The molecule has 0 radical (unpaired) electrons. The summed E-state index contributed by atoms with van der Waals surface area (Å²) in [6.07, 6.45) is 8.11. The van der Waals surface area contributed by atoms with Crippen LogP contribution in [0.4, 0.5) is 0 Å². The normalized spacial score (nSPS) is 12.4. The Kier molecular flexibility index (Phi) is 3.68. The number of carbonyl (C=O) groups excluding carboxylic acids is 1. The first-order valence-corrected chi connectivity index (χ1v) is 6.93. The highest BCUT2D eigenvalue weighted by molar-refractivity contribution is 5.79. The molecule has 1 unspecified atom stereocenters. The highest BCUT2D eigenvalue weighted by atomic mass is 16.2. The zero-order valence-electron chi connectivity index (χ0n) is 11.8. The van der Waals surface area contributed by atoms with Crippen molar-refractivity contribution in [1.29, 1.82) is 0 Å². The Morgan fingerprint density at radius 1 is 1.33 bits per heavy atom. The molecule has 1 amide bonds. The van der Waals surface area contributed by atoms with Crippen molar-refractivity contribution in [3.63, 3.8) is 0 Å². The molecule has 108 valence electrons. The summed E-state index contributed by atoms with van der Waals surface area (Å²) in [6, 6.07) is 7.38. The van der Waals surface area contributed by atoms with E-state index in [9.17, 15) is 4.79 Å². The summed E-state index contributed by atoms with van der Waals surface area (Å²) in [7, 11) is 0. The van der Waals surface area contributed by atoms with Crippen LogP contribution in [0, 0.1) is 0 Å². The van der Waals surface area contributed by atoms with Crippen LogP contribution in [0.2, 0.25) is 0 Å². The minimum absolute atomic E-state index is 0.0394. The van der Waals surface area contributed by atoms with Gasteiger partial charge in [0.2, 0.25) is 5.91 Å². The number of nitrogens with zero attached hydrogens (tertiary/aromatic N) is 4. The van der Waals surface area contributed by atoms with Crippen molar-refractivity contribution in [3.8, 4) is 0 Å². The maximum absolute atomic E-state index is 12.0. The molecule has 21 heavy (non-hydrogen) atoms. The third-order valence-electron chi connectivity index (χ3n) is 3.40. The molecule has 0 fully saturated rings. The van der Waals surface area contributed by atoms with Gasteiger partial charge in [-0.2, -0.15) is 5.10 Å². The Labute approximate surface area is 122 Å². The van der Waals surface area contributed by atoms with Gasteiger partial charge in [0.1, 0.15) is 11.7 Å². The number of carbonyl (C=O) groups is 1. The van der Waals surface area contributed by atoms with Crippen LogP contribution in [0.5, 0.6) is 0 Å². The number of imidazole rings is 1. The molecule has 0 aliphatic heterocycles. The van der Waals surface area contributed by atoms with Crippen LogP contribution >= 0.6 is 0 Å². The van der Waals surface area contributed by atoms with E-state index < -0.39 is 0 Å². The third kappa shape index (κ3) is 2.94. The molecule has 3 aromatic heterocycles. The van der Waals surface area contributed by atoms with Crippen LogP contribution in [-0.2, 0) is 11.2 Å². The number of rotatable bonds is 5. The molecule has 0 saturated carbocycles. The highest BCUT2D eigenvalue weighted by Gasteiger charge is 2.14. The topological polar surface area (TPSA) is 64.2 Å². The number of aromatic nitrogens is 4. The SMILES string of the molecule is CC(C(=O)NCCc1cn2ccccc2n1)n1cccn1. The third-order valence-corrected chi connectivity index (χ3v) is 3.40. The fourth-order valence-corrected chi connectivity index (χ4v) is 2.20. The molecular weight excluding hydrogens is 266 g/mol. The maximum Gasteiger partial charge on any atom is 0.244 e. The van der Waals surface area contributed by atoms with Crippen LogP contribution in [-0.4, -0.2) is 31.6 Å². The Balaban J connectivity index is 1.55. The zero-order valence-corrected chi connectivity index (χ0v) is 11.8. The van der Waals surface area contributed by atoms with Crippen molar-refractivity contribution in [2.24, 2.45) is 0 Å². The van der Waals surface area contributed by atoms with Crippen LogP contribution in [0.1, 0.15) is 18.7 Å². The molecule has 3 aromatic rings. The number of hydrogen-bond acceptors (Lipinski definition) is 3. The lowest BCUT2D eigenvalue weighted by Gasteiger charge is -2.12. The van der Waals surface area contributed by atoms with Gasteiger partial charge in [0.15, 0.2) is 0 Å². The van der Waals surface area contributed by atoms with Crippen molar-refractivity contribution in [2.45, 2.75) is 19.4 Å². The van der Waals surface area contributed by atoms with Crippen LogP contribution in [0.15, 0.2) is 49.1 Å². The summed E-state index contributed by atoms with van der Waals surface area (Å²) in [5.74, 6) is -0.0394. The molecule has 3 rings (SSSR count). The van der Waals surface area contributed by atoms with Crippen LogP contribution in [0.3, 0.4) is 0 Å². The number of nitrogens with one attached hydrogen (secondary N) is 1. The number of pyridine rings is 1. The smallest absolute Gasteiger partial charge is 0.244 e. The maximum atomic E-state index is 12.0. The molecule has 3 heterocycles. The first kappa shape index (κ1) is 13.4. The summed E-state index contributed by atoms with van der Waals surface area (Å²) in [5.41, 5.74) is 1.89. The lowest BCUT2D eigenvalue weighted by atomic mass is 10.3. The Morgan fingerprint density at radius 2 is 2.24 bits per heavy atom. The first-order valence-electron chi connectivity index (χ1n) is 6.93. The van der Waals surface area contributed by atoms with E-state index in [1.54, 1.807) is 23.1 Å². The number of hydrogen-bond donors (Lipinski definition) is 1. The molecule has 0 saturated heterocycles. The Hall–Kier alpha value is -2.63. The van der Waals surface area contributed by atoms with E-state index in [4.69, 9.17) is 0 Å². The second-order valence-corrected chi connectivity index (χ2v) is 4.90. The lowest BCUT2D eigenvalue weighted by Crippen LogP contribution is -2.32. The number of amides is 1. The van der Waals surface area contributed by atoms with Gasteiger partial charge in [-0.05, 0) is 25.1 Å². The predicted octanol–water partition coefficient (Wildman–Crippen LogP) is 1.45. The van der Waals surface area contributed by atoms with Gasteiger partial charge in [0.05, 0.1) is 5.69 Å². The average Bonchev–Trinajstić information content (AvgIpc) is 3.15. The van der Waals surface area contributed by atoms with E-state index in [-0.39, 0.29) is 11.9 Å². The second kappa shape index (κ2) is 5.78. The fourth-order valence-electron chi connectivity index (χ4n) is 2.20. The van der Waals surface area contributed by atoms with Gasteiger partial charge in [-0.3, -0.25) is 9.48 Å². The molecule has 0 spiro atoms. The van der Waals surface area contributed by atoms with Crippen LogP contribution in [0.25, 0.3) is 5.65 Å². The van der Waals surface area contributed by atoms with Crippen molar-refractivity contribution < 1.29 is 4.79 Å². The molecule has 0 bridgehead atoms. The summed E-state index contributed by atoms with van der Waals surface area (Å²) < 4.78 is 3.61. The van der Waals surface area contributed by atoms with Gasteiger partial charge in [-0.1, -0.05) is 6.07 Å². The Morgan fingerprint density at radius 3 is 3.00 bits per heavy atom. The molecule has 0 aliphatic rings. The molecule has 6 heteroatoms. The monoisotopic (exact) mass is 283 g/mol. The largest absolute Gasteiger partial charge is 0.354 e. The fraction of sp³-hybridized carbons (Fsp3) is 0.267. The van der Waals surface area contributed by atoms with E-state index in [1.165, 1.54) is 0 Å². The van der Waals surface area contributed by atoms with E-state index in [0.29, 0.717) is 13.0 Å². The molecule has 6 nitrogen and oxygen atoms in total. The minimum atomic E-state index is -0.305. The predicted molar refractivity (Wildman–Crippen MR) is 78.8 cm³/mol. The second-order valence-electron chi connectivity index (χ2n) is 4.90. The highest BCUT2D eigenvalue weighted by Crippen LogP contribution is 2.05. The first-order chi connectivity index (χ1) is 10.2. The van der Waals surface area contributed by atoms with Crippen molar-refractivity contribution >= 4 is 11.6 Å². The van der Waals surface area contributed by atoms with E-state index in [1.807, 2.05) is 41.9 Å². The van der Waals surface area contributed by atoms with E-state index in [0.717, 1.165) is 11.3 Å². The van der Waals surface area contributed by atoms with Crippen molar-refractivity contribution in [3.05, 3.63) is 54.7 Å². The van der Waals surface area contributed by atoms with Gasteiger partial charge >= 0.3 is 0 Å². The van der Waals surface area contributed by atoms with E-state index in [2.05, 4.69) is 15.4 Å². The molecule has 0 aromatic carbocycles. The summed E-state index contributed by atoms with van der Waals surface area (Å²) in [6.45, 7) is 2.39. The summed E-state index contributed by atoms with van der Waals surface area (Å²) in [4.78, 5) is 16.5. The quantitative estimate of drug-likeness (QED) is 0.771. The van der Waals surface area contributed by atoms with Crippen molar-refractivity contribution in [1.82, 2.24) is 24.5 Å². The molecule has 0 aliphatic carbocycles. The lowest BCUT2D eigenvalue weighted by molar-refractivity contribution is -0.124.